The van der Waals surface area contributed by atoms with E-state index in [2.05, 4.69) is 88.1 Å². The van der Waals surface area contributed by atoms with Crippen LogP contribution in [0.1, 0.15) is 71.8 Å². The Bertz CT molecular complexity index is 2560. The first-order chi connectivity index (χ1) is 37.6. The van der Waals surface area contributed by atoms with Crippen LogP contribution in [0, 0.1) is 0 Å². The van der Waals surface area contributed by atoms with Gasteiger partial charge in [0.25, 0.3) is 0 Å². The molecule has 0 aliphatic carbocycles. The number of aliphatic carboxylic acids is 2. The molecule has 0 fully saturated rings. The van der Waals surface area contributed by atoms with Gasteiger partial charge in [0.2, 0.25) is 53.2 Å². The van der Waals surface area contributed by atoms with Gasteiger partial charge in [0.15, 0.2) is 11.9 Å². The van der Waals surface area contributed by atoms with Crippen LogP contribution in [0.5, 0.6) is 0 Å². The van der Waals surface area contributed by atoms with Crippen LogP contribution in [-0.2, 0) is 59.2 Å². The van der Waals surface area contributed by atoms with Crippen molar-refractivity contribution in [2.24, 2.45) is 38.7 Å². The van der Waals surface area contributed by atoms with Crippen LogP contribution in [-0.4, -0.2) is 188 Å². The van der Waals surface area contributed by atoms with Crippen molar-refractivity contribution in [2.75, 3.05) is 24.6 Å². The standard InChI is InChI=1S/C47H75N17O14S2/c1-21(37(69)63-33(20-80)43(75)58-23(3)45(77)78)56-42(74)32(17-25-18-55-28-10-6-5-9-26(25)28)62-36(68)22(2)57-44(76)35(24(4)65)64-41(73)31(13-14-34(66)67)61-40(72)30(12-8-16-54-47(51)52)60-39(71)29(11-7-15-53-46(49)50)59-38(70)27(48)19-79/h5-6,9-10,18,21-24,27,29-33,35,55,65,79-80H,7-8,11-17,19-20,48H2,1-4H3,(H,56,74)(H,57,76)(H,58,75)(H,59,70)(H,60,71)(H,61,72)(H,62,68)(H,63,69)(H,64,73)(H,66,67)(H,77,78)(H4,49,50,53)(H4,51,52,54)/t21-,22-,23-,24+,27-,29-,30-,31-,32-,33-,35-/m0/s1. The Balaban J connectivity index is 2.38. The minimum Gasteiger partial charge on any atom is -0.481 e. The Hall–Kier alpha value is -7.91. The first-order valence-corrected chi connectivity index (χ1v) is 26.4. The predicted molar refractivity (Wildman–Crippen MR) is 298 cm³/mol. The molecule has 2 aromatic rings. The number of carbonyl (C=O) groups is 11. The second-order valence-corrected chi connectivity index (χ2v) is 19.2. The molecule has 1 heterocycles. The summed E-state index contributed by atoms with van der Waals surface area (Å²) in [5, 5.41) is 51.9. The van der Waals surface area contributed by atoms with Gasteiger partial charge in [-0.2, -0.15) is 25.3 Å². The monoisotopic (exact) mass is 1170 g/mol. The van der Waals surface area contributed by atoms with Crippen LogP contribution in [0.3, 0.4) is 0 Å². The summed E-state index contributed by atoms with van der Waals surface area (Å²) < 4.78 is 0. The summed E-state index contributed by atoms with van der Waals surface area (Å²) in [6.07, 6.45) is -1.59. The molecule has 2 rings (SSSR count). The van der Waals surface area contributed by atoms with Gasteiger partial charge in [-0.15, -0.1) is 0 Å². The summed E-state index contributed by atoms with van der Waals surface area (Å²) in [7, 11) is 0. The summed E-state index contributed by atoms with van der Waals surface area (Å²) in [4.78, 5) is 156. The summed E-state index contributed by atoms with van der Waals surface area (Å²) in [5.74, 6) is -12.2. The van der Waals surface area contributed by atoms with Gasteiger partial charge in [0.1, 0.15) is 54.4 Å². The van der Waals surface area contributed by atoms with Gasteiger partial charge in [-0.3, -0.25) is 62.7 Å². The molecule has 444 valence electrons. The molecular formula is C47H75N17O14S2. The van der Waals surface area contributed by atoms with Crippen molar-refractivity contribution >= 4 is 113 Å². The molecule has 31 nitrogen and oxygen atoms in total. The summed E-state index contributed by atoms with van der Waals surface area (Å²) in [5.41, 5.74) is 28.8. The zero-order valence-corrected chi connectivity index (χ0v) is 46.3. The summed E-state index contributed by atoms with van der Waals surface area (Å²) in [6.45, 7) is 4.84. The molecule has 0 spiro atoms. The minimum absolute atomic E-state index is 0.0308. The van der Waals surface area contributed by atoms with Gasteiger partial charge in [-0.05, 0) is 71.4 Å². The van der Waals surface area contributed by atoms with E-state index in [0.29, 0.717) is 16.5 Å². The van der Waals surface area contributed by atoms with E-state index < -0.39 is 144 Å². The number of guanidine groups is 2. The van der Waals surface area contributed by atoms with Crippen molar-refractivity contribution in [3.05, 3.63) is 36.0 Å². The van der Waals surface area contributed by atoms with E-state index in [4.69, 9.17) is 28.7 Å². The van der Waals surface area contributed by atoms with Crippen LogP contribution in [0.15, 0.2) is 40.4 Å². The molecular weight excluding hydrogens is 1090 g/mol. The third-order valence-electron chi connectivity index (χ3n) is 11.8. The lowest BCUT2D eigenvalue weighted by Crippen LogP contribution is -2.61. The normalized spacial score (nSPS) is 15.1. The molecule has 0 saturated carbocycles. The molecule has 0 unspecified atom stereocenters. The molecule has 23 N–H and O–H groups in total. The number of aliphatic hydroxyl groups is 1. The van der Waals surface area contributed by atoms with E-state index in [0.717, 1.165) is 6.92 Å². The zero-order valence-electron chi connectivity index (χ0n) is 44.5. The third kappa shape index (κ3) is 23.6. The minimum atomic E-state index is -1.87. The SMILES string of the molecule is C[C@H](NC(=O)[C@H](CS)NC(=O)[C@H](C)NC(=O)[C@H](Cc1c[nH]c2ccccc12)NC(=O)[C@H](C)NC(=O)[C@@H](NC(=O)[C@H](CCC(=O)O)NC(=O)[C@H](CCCN=C(N)N)NC(=O)[C@H](CCCN=C(N)N)NC(=O)[C@@H](N)CS)[C@@H](C)O)C(=O)O. The van der Waals surface area contributed by atoms with Gasteiger partial charge >= 0.3 is 11.9 Å². The molecule has 0 saturated heterocycles. The number of benzene rings is 1. The van der Waals surface area contributed by atoms with Crippen molar-refractivity contribution in [1.29, 1.82) is 0 Å². The fourth-order valence-corrected chi connectivity index (χ4v) is 7.71. The number of carbonyl (C=O) groups excluding carboxylic acids is 9. The molecule has 0 radical (unpaired) electrons. The highest BCUT2D eigenvalue weighted by molar-refractivity contribution is 7.80. The van der Waals surface area contributed by atoms with E-state index in [1.807, 2.05) is 0 Å². The number of fused-ring (bicyclic) bond motifs is 1. The van der Waals surface area contributed by atoms with Gasteiger partial charge in [0.05, 0.1) is 12.1 Å². The maximum atomic E-state index is 14.0. The molecule has 0 bridgehead atoms. The quantitative estimate of drug-likeness (QED) is 0.0132. The Morgan fingerprint density at radius 2 is 0.988 bits per heavy atom. The number of para-hydroxylation sites is 1. The number of rotatable bonds is 35. The van der Waals surface area contributed by atoms with Crippen LogP contribution in [0.4, 0.5) is 0 Å². The molecule has 33 heteroatoms. The molecule has 1 aromatic heterocycles. The number of thiol groups is 2. The van der Waals surface area contributed by atoms with Crippen LogP contribution < -0.4 is 76.5 Å². The second kappa shape index (κ2) is 34.2. The maximum Gasteiger partial charge on any atom is 0.325 e. The van der Waals surface area contributed by atoms with E-state index >= 15 is 0 Å². The summed E-state index contributed by atoms with van der Waals surface area (Å²) >= 11 is 8.09. The van der Waals surface area contributed by atoms with Crippen molar-refractivity contribution in [3.63, 3.8) is 0 Å². The topological polar surface area (TPSA) is 527 Å². The molecule has 0 aliphatic heterocycles. The zero-order chi connectivity index (χ0) is 60.4. The first-order valence-electron chi connectivity index (χ1n) is 25.1. The molecule has 11 atom stereocenters. The number of nitrogens with zero attached hydrogens (tertiary/aromatic N) is 2. The highest BCUT2D eigenvalue weighted by Gasteiger charge is 2.36. The fourth-order valence-electron chi connectivity index (χ4n) is 7.29. The van der Waals surface area contributed by atoms with Crippen molar-refractivity contribution in [2.45, 2.75) is 139 Å². The number of aliphatic hydroxyl groups excluding tert-OH is 1. The average Bonchev–Trinajstić information content (AvgIpc) is 3.80. The van der Waals surface area contributed by atoms with Gasteiger partial charge in [0, 0.05) is 54.5 Å². The number of carboxylic acid groups (broad SMARTS) is 2. The van der Waals surface area contributed by atoms with Crippen LogP contribution in [0.25, 0.3) is 10.9 Å². The molecule has 1 aromatic carbocycles. The number of amides is 9. The number of nitrogens with one attached hydrogen (secondary N) is 10. The van der Waals surface area contributed by atoms with E-state index in [9.17, 15) is 68.1 Å². The highest BCUT2D eigenvalue weighted by atomic mass is 32.1. The number of hydrogen-bond acceptors (Lipinski definition) is 17. The van der Waals surface area contributed by atoms with Gasteiger partial charge < -0.3 is 96.8 Å². The second-order valence-electron chi connectivity index (χ2n) is 18.4. The van der Waals surface area contributed by atoms with Crippen molar-refractivity contribution in [3.8, 4) is 0 Å². The van der Waals surface area contributed by atoms with E-state index in [-0.39, 0.29) is 68.6 Å². The van der Waals surface area contributed by atoms with Crippen LogP contribution in [0.2, 0.25) is 0 Å². The maximum absolute atomic E-state index is 14.0. The highest BCUT2D eigenvalue weighted by Crippen LogP contribution is 2.19. The largest absolute Gasteiger partial charge is 0.481 e. The Kier molecular flexibility index (Phi) is 29.1. The third-order valence-corrected chi connectivity index (χ3v) is 12.6. The lowest BCUT2D eigenvalue weighted by atomic mass is 10.0. The first kappa shape index (κ1) is 68.2. The molecule has 9 amide bonds. The lowest BCUT2D eigenvalue weighted by Gasteiger charge is -2.28. The summed E-state index contributed by atoms with van der Waals surface area (Å²) in [6, 6.07) is -7.43. The van der Waals surface area contributed by atoms with Crippen LogP contribution >= 0.6 is 25.3 Å². The number of carboxylic acids is 2. The number of nitrogens with two attached hydrogens (primary N) is 5. The lowest BCUT2D eigenvalue weighted by molar-refractivity contribution is -0.141. The Morgan fingerprint density at radius 3 is 1.48 bits per heavy atom. The molecule has 80 heavy (non-hydrogen) atoms. The van der Waals surface area contributed by atoms with Crippen molar-refractivity contribution in [1.82, 2.24) is 52.8 Å². The number of hydrogen-bond donors (Lipinski definition) is 20. The van der Waals surface area contributed by atoms with E-state index in [1.165, 1.54) is 20.8 Å². The van der Waals surface area contributed by atoms with Crippen molar-refractivity contribution < 1.29 is 68.1 Å². The number of aliphatic imine (C=N–C) groups is 2. The number of aromatic amines is 1. The fraction of sp³-hybridized carbons (Fsp3) is 0.553. The Labute approximate surface area is 470 Å². The average molecular weight is 1170 g/mol. The van der Waals surface area contributed by atoms with Gasteiger partial charge in [-0.1, -0.05) is 18.2 Å². The van der Waals surface area contributed by atoms with Gasteiger partial charge in [-0.25, -0.2) is 0 Å². The van der Waals surface area contributed by atoms with E-state index in [1.54, 1.807) is 30.5 Å². The number of H-pyrrole nitrogens is 1. The predicted octanol–water partition coefficient (Wildman–Crippen LogP) is -6.24. The molecule has 0 aliphatic rings. The smallest absolute Gasteiger partial charge is 0.325 e. The number of aromatic nitrogens is 1. The Morgan fingerprint density at radius 1 is 0.550 bits per heavy atom.